The van der Waals surface area contributed by atoms with Crippen LogP contribution in [0.1, 0.15) is 22.9 Å². The number of rotatable bonds is 5. The van der Waals surface area contributed by atoms with Crippen LogP contribution in [0.3, 0.4) is 0 Å². The molecule has 2 N–H and O–H groups in total. The molecule has 1 atom stereocenters. The van der Waals surface area contributed by atoms with Crippen molar-refractivity contribution in [2.24, 2.45) is 11.8 Å². The molecule has 4 nitrogen and oxygen atoms in total. The lowest BCUT2D eigenvalue weighted by molar-refractivity contribution is -0.137. The maximum absolute atomic E-state index is 12.6. The predicted octanol–water partition coefficient (Wildman–Crippen LogP) is 3.97. The Morgan fingerprint density at radius 2 is 2.00 bits per heavy atom. The number of alkyl halides is 3. The summed E-state index contributed by atoms with van der Waals surface area (Å²) in [5.74, 6) is 0.219. The van der Waals surface area contributed by atoms with E-state index in [4.69, 9.17) is 0 Å². The Kier molecular flexibility index (Phi) is 6.65. The lowest BCUT2D eigenvalue weighted by Crippen LogP contribution is -2.48. The summed E-state index contributed by atoms with van der Waals surface area (Å²) in [6, 6.07) is 5.08. The zero-order chi connectivity index (χ0) is 18.0. The molecule has 1 unspecified atom stereocenters. The molecule has 142 valence electrons. The third kappa shape index (κ3) is 4.96. The zero-order valence-electron chi connectivity index (χ0n) is 14.0. The highest BCUT2D eigenvalue weighted by Gasteiger charge is 2.30. The average Bonchev–Trinajstić information content (AvgIpc) is 2.92. The third-order valence-corrected chi connectivity index (χ3v) is 5.29. The molecule has 0 bridgehead atoms. The Balaban J connectivity index is 0.00000243. The molecule has 0 spiro atoms. The first-order valence-corrected chi connectivity index (χ1v) is 8.77. The molecule has 9 heteroatoms. The maximum atomic E-state index is 12.6. The largest absolute Gasteiger partial charge is 0.416 e. The molecule has 1 fully saturated rings. The Bertz CT molecular complexity index is 744. The highest BCUT2D eigenvalue weighted by molar-refractivity contribution is 7.15. The first kappa shape index (κ1) is 20.7. The van der Waals surface area contributed by atoms with Gasteiger partial charge < -0.3 is 10.6 Å². The van der Waals surface area contributed by atoms with E-state index in [1.165, 1.54) is 23.5 Å². The van der Waals surface area contributed by atoms with E-state index in [0.717, 1.165) is 35.7 Å². The van der Waals surface area contributed by atoms with Crippen molar-refractivity contribution in [3.05, 3.63) is 46.5 Å². The zero-order valence-corrected chi connectivity index (χ0v) is 15.6. The van der Waals surface area contributed by atoms with Gasteiger partial charge in [0.05, 0.1) is 5.56 Å². The van der Waals surface area contributed by atoms with Gasteiger partial charge in [-0.1, -0.05) is 19.1 Å². The summed E-state index contributed by atoms with van der Waals surface area (Å²) >= 11 is 1.34. The van der Waals surface area contributed by atoms with Gasteiger partial charge in [0.2, 0.25) is 5.91 Å². The fourth-order valence-corrected chi connectivity index (χ4v) is 3.41. The molecule has 26 heavy (non-hydrogen) atoms. The summed E-state index contributed by atoms with van der Waals surface area (Å²) in [5.41, 5.74) is 0.108. The van der Waals surface area contributed by atoms with E-state index < -0.39 is 11.7 Å². The van der Waals surface area contributed by atoms with Crippen molar-refractivity contribution in [2.75, 3.05) is 18.4 Å². The fraction of sp³-hybridized carbons (Fsp3) is 0.412. The van der Waals surface area contributed by atoms with Gasteiger partial charge in [-0.25, -0.2) is 4.98 Å². The fourth-order valence-electron chi connectivity index (χ4n) is 2.56. The van der Waals surface area contributed by atoms with Crippen molar-refractivity contribution in [2.45, 2.75) is 19.5 Å². The second-order valence-corrected chi connectivity index (χ2v) is 7.31. The number of aromatic nitrogens is 1. The van der Waals surface area contributed by atoms with Gasteiger partial charge in [-0.05, 0) is 36.7 Å². The minimum Gasteiger partial charge on any atom is -0.316 e. The number of carbonyl (C=O) groups is 1. The second-order valence-electron chi connectivity index (χ2n) is 6.20. The molecular formula is C17H19ClF3N3OS. The molecule has 2 aromatic rings. The standard InChI is InChI=1S/C17H18F3N3OS.ClH/c1-10(12-7-21-8-12)15(24)23-16-22-9-14(25-16)6-11-2-4-13(5-3-11)17(18,19)20;/h2-5,9-10,12,21H,6-8H2,1H3,(H,22,23,24);1H. The summed E-state index contributed by atoms with van der Waals surface area (Å²) in [4.78, 5) is 17.2. The second kappa shape index (κ2) is 8.37. The van der Waals surface area contributed by atoms with Crippen LogP contribution in [-0.2, 0) is 17.4 Å². The van der Waals surface area contributed by atoms with Crippen LogP contribution >= 0.6 is 23.7 Å². The quantitative estimate of drug-likeness (QED) is 0.791. The van der Waals surface area contributed by atoms with E-state index in [1.54, 1.807) is 6.20 Å². The number of amides is 1. The van der Waals surface area contributed by atoms with Gasteiger partial charge in [-0.15, -0.1) is 23.7 Å². The van der Waals surface area contributed by atoms with Crippen LogP contribution in [0.2, 0.25) is 0 Å². The van der Waals surface area contributed by atoms with E-state index in [9.17, 15) is 18.0 Å². The van der Waals surface area contributed by atoms with E-state index in [-0.39, 0.29) is 24.2 Å². The summed E-state index contributed by atoms with van der Waals surface area (Å²) in [6.07, 6.45) is -2.20. The van der Waals surface area contributed by atoms with Crippen molar-refractivity contribution < 1.29 is 18.0 Å². The van der Waals surface area contributed by atoms with Gasteiger partial charge >= 0.3 is 6.18 Å². The van der Waals surface area contributed by atoms with Crippen LogP contribution in [0.15, 0.2) is 30.5 Å². The van der Waals surface area contributed by atoms with Crippen LogP contribution in [-0.4, -0.2) is 24.0 Å². The lowest BCUT2D eigenvalue weighted by Gasteiger charge is -2.31. The monoisotopic (exact) mass is 405 g/mol. The number of nitrogens with one attached hydrogen (secondary N) is 2. The molecule has 0 aliphatic carbocycles. The SMILES string of the molecule is CC(C(=O)Nc1ncc(Cc2ccc(C(F)(F)F)cc2)s1)C1CNC1.Cl. The van der Waals surface area contributed by atoms with Crippen molar-refractivity contribution in [3.8, 4) is 0 Å². The first-order valence-electron chi connectivity index (χ1n) is 7.95. The van der Waals surface area contributed by atoms with Crippen LogP contribution in [0.4, 0.5) is 18.3 Å². The van der Waals surface area contributed by atoms with E-state index in [2.05, 4.69) is 15.6 Å². The molecule has 0 saturated carbocycles. The van der Waals surface area contributed by atoms with Gasteiger partial charge in [0, 0.05) is 23.4 Å². The summed E-state index contributed by atoms with van der Waals surface area (Å²) in [7, 11) is 0. The number of benzene rings is 1. The van der Waals surface area contributed by atoms with Gasteiger partial charge in [0.25, 0.3) is 0 Å². The van der Waals surface area contributed by atoms with Crippen molar-refractivity contribution in [3.63, 3.8) is 0 Å². The van der Waals surface area contributed by atoms with Crippen molar-refractivity contribution in [1.29, 1.82) is 0 Å². The van der Waals surface area contributed by atoms with Gasteiger partial charge in [0.1, 0.15) is 0 Å². The Hall–Kier alpha value is -1.64. The van der Waals surface area contributed by atoms with Crippen molar-refractivity contribution in [1.82, 2.24) is 10.3 Å². The molecule has 1 aromatic carbocycles. The lowest BCUT2D eigenvalue weighted by atomic mass is 9.88. The molecule has 1 aromatic heterocycles. The first-order chi connectivity index (χ1) is 11.8. The summed E-state index contributed by atoms with van der Waals surface area (Å²) in [6.45, 7) is 3.61. The number of hydrogen-bond donors (Lipinski definition) is 2. The van der Waals surface area contributed by atoms with Crippen LogP contribution < -0.4 is 10.6 Å². The number of carbonyl (C=O) groups excluding carboxylic acids is 1. The Morgan fingerprint density at radius 3 is 2.54 bits per heavy atom. The van der Waals surface area contributed by atoms with Gasteiger partial charge in [0.15, 0.2) is 5.13 Å². The van der Waals surface area contributed by atoms with Crippen LogP contribution in [0.25, 0.3) is 0 Å². The van der Waals surface area contributed by atoms with E-state index in [0.29, 0.717) is 17.5 Å². The average molecular weight is 406 g/mol. The minimum atomic E-state index is -4.33. The molecule has 1 aliphatic rings. The molecule has 0 radical (unpaired) electrons. The predicted molar refractivity (Wildman–Crippen MR) is 97.8 cm³/mol. The Labute approximate surface area is 159 Å². The van der Waals surface area contributed by atoms with Gasteiger partial charge in [-0.2, -0.15) is 13.2 Å². The number of anilines is 1. The molecule has 3 rings (SSSR count). The number of nitrogens with zero attached hydrogens (tertiary/aromatic N) is 1. The molecule has 2 heterocycles. The van der Waals surface area contributed by atoms with Crippen molar-refractivity contribution >= 4 is 34.8 Å². The number of thiazole rings is 1. The van der Waals surface area contributed by atoms with Crippen LogP contribution in [0.5, 0.6) is 0 Å². The molecule has 1 aliphatic heterocycles. The molecule has 1 saturated heterocycles. The van der Waals surface area contributed by atoms with Crippen LogP contribution in [0, 0.1) is 11.8 Å². The van der Waals surface area contributed by atoms with E-state index in [1.807, 2.05) is 6.92 Å². The Morgan fingerprint density at radius 1 is 1.35 bits per heavy atom. The molecule has 1 amide bonds. The number of hydrogen-bond acceptors (Lipinski definition) is 4. The molecular weight excluding hydrogens is 387 g/mol. The normalized spacial score (nSPS) is 15.7. The summed E-state index contributed by atoms with van der Waals surface area (Å²) in [5, 5.41) is 6.48. The smallest absolute Gasteiger partial charge is 0.316 e. The summed E-state index contributed by atoms with van der Waals surface area (Å²) < 4.78 is 37.7. The topological polar surface area (TPSA) is 54.0 Å². The minimum absolute atomic E-state index is 0. The maximum Gasteiger partial charge on any atom is 0.416 e. The van der Waals surface area contributed by atoms with Gasteiger partial charge in [-0.3, -0.25) is 4.79 Å². The number of halogens is 4. The highest BCUT2D eigenvalue weighted by Crippen LogP contribution is 2.30. The third-order valence-electron chi connectivity index (χ3n) is 4.38. The van der Waals surface area contributed by atoms with E-state index >= 15 is 0 Å². The highest BCUT2D eigenvalue weighted by atomic mass is 35.5.